The fourth-order valence-electron chi connectivity index (χ4n) is 5.84. The molecule has 1 amide bonds. The number of pyridine rings is 1. The van der Waals surface area contributed by atoms with Crippen LogP contribution >= 0.6 is 0 Å². The first-order valence-electron chi connectivity index (χ1n) is 14.0. The second kappa shape index (κ2) is 11.3. The van der Waals surface area contributed by atoms with E-state index < -0.39 is 17.6 Å². The average molecular weight is 549 g/mol. The van der Waals surface area contributed by atoms with Crippen molar-refractivity contribution in [3.8, 4) is 0 Å². The van der Waals surface area contributed by atoms with Crippen LogP contribution in [0.4, 0.5) is 15.0 Å². The van der Waals surface area contributed by atoms with E-state index in [9.17, 15) is 9.90 Å². The molecule has 11 heteroatoms. The number of anilines is 1. The summed E-state index contributed by atoms with van der Waals surface area (Å²) < 4.78 is 18.7. The molecule has 212 valence electrons. The van der Waals surface area contributed by atoms with E-state index in [2.05, 4.69) is 33.8 Å². The summed E-state index contributed by atoms with van der Waals surface area (Å²) in [4.78, 5) is 29.3. The highest BCUT2D eigenvalue weighted by atomic mass is 19.1. The van der Waals surface area contributed by atoms with Crippen molar-refractivity contribution in [3.05, 3.63) is 54.4 Å². The zero-order chi connectivity index (χ0) is 28.4. The number of amides is 1. The molecule has 3 aromatic rings. The maximum atomic E-state index is 16.8. The molecular weight excluding hydrogens is 511 g/mol. The van der Waals surface area contributed by atoms with E-state index in [0.29, 0.717) is 35.6 Å². The van der Waals surface area contributed by atoms with E-state index >= 15 is 4.39 Å². The normalized spacial score (nSPS) is 21.7. The van der Waals surface area contributed by atoms with E-state index in [1.54, 1.807) is 24.4 Å². The summed E-state index contributed by atoms with van der Waals surface area (Å²) in [6.45, 7) is 8.02. The molecular formula is C29H37FN8O2. The largest absolute Gasteiger partial charge is 0.465 e. The molecule has 40 heavy (non-hydrogen) atoms. The van der Waals surface area contributed by atoms with Crippen molar-refractivity contribution >= 4 is 28.9 Å². The lowest BCUT2D eigenvalue weighted by molar-refractivity contribution is 0.200. The minimum Gasteiger partial charge on any atom is -0.465 e. The van der Waals surface area contributed by atoms with Crippen LogP contribution in [-0.2, 0) is 12.2 Å². The first-order chi connectivity index (χ1) is 19.2. The Kier molecular flexibility index (Phi) is 7.82. The molecule has 2 saturated carbocycles. The van der Waals surface area contributed by atoms with Crippen molar-refractivity contribution in [1.29, 1.82) is 5.41 Å². The Labute approximate surface area is 233 Å². The second-order valence-electron chi connectivity index (χ2n) is 11.3. The van der Waals surface area contributed by atoms with Crippen LogP contribution in [0, 0.1) is 23.2 Å². The Morgan fingerprint density at radius 2 is 2.00 bits per heavy atom. The van der Waals surface area contributed by atoms with Gasteiger partial charge in [0.2, 0.25) is 5.67 Å². The Morgan fingerprint density at radius 3 is 2.60 bits per heavy atom. The van der Waals surface area contributed by atoms with Gasteiger partial charge in [0.15, 0.2) is 28.9 Å². The van der Waals surface area contributed by atoms with Gasteiger partial charge in [-0.1, -0.05) is 18.6 Å². The molecule has 0 saturated heterocycles. The number of rotatable bonds is 9. The second-order valence-corrected chi connectivity index (χ2v) is 11.3. The molecule has 2 fully saturated rings. The van der Waals surface area contributed by atoms with Crippen LogP contribution in [0.1, 0.15) is 76.1 Å². The number of allylic oxidation sites excluding steroid dienone is 1. The van der Waals surface area contributed by atoms with Crippen LogP contribution in [0.2, 0.25) is 0 Å². The molecule has 2 aliphatic carbocycles. The number of carboxylic acid groups (broad SMARTS) is 1. The lowest BCUT2D eigenvalue weighted by atomic mass is 9.80. The van der Waals surface area contributed by atoms with Gasteiger partial charge in [-0.25, -0.2) is 24.1 Å². The van der Waals surface area contributed by atoms with Gasteiger partial charge in [-0.2, -0.15) is 0 Å². The number of aromatic nitrogens is 5. The number of imidazole rings is 1. The molecule has 3 heterocycles. The zero-order valence-electron chi connectivity index (χ0n) is 23.0. The quantitative estimate of drug-likeness (QED) is 0.154. The van der Waals surface area contributed by atoms with Gasteiger partial charge in [0, 0.05) is 18.8 Å². The highest BCUT2D eigenvalue weighted by Gasteiger charge is 2.38. The predicted molar refractivity (Wildman–Crippen MR) is 151 cm³/mol. The van der Waals surface area contributed by atoms with E-state index in [1.807, 2.05) is 16.0 Å². The number of halogens is 1. The van der Waals surface area contributed by atoms with Gasteiger partial charge in [0.25, 0.3) is 0 Å². The van der Waals surface area contributed by atoms with Gasteiger partial charge in [-0.3, -0.25) is 15.7 Å². The Bertz CT molecular complexity index is 1390. The van der Waals surface area contributed by atoms with E-state index in [1.165, 1.54) is 13.3 Å². The number of hydrogen-bond donors (Lipinski definition) is 4. The summed E-state index contributed by atoms with van der Waals surface area (Å²) in [6.07, 6.45) is 9.60. The average Bonchev–Trinajstić information content (AvgIpc) is 3.27. The molecule has 2 aliphatic rings. The van der Waals surface area contributed by atoms with Crippen molar-refractivity contribution < 1.29 is 14.3 Å². The molecule has 1 unspecified atom stereocenters. The predicted octanol–water partition coefficient (Wildman–Crippen LogP) is 5.64. The highest BCUT2D eigenvalue weighted by molar-refractivity contribution is 6.03. The number of nitrogens with one attached hydrogen (secondary N) is 3. The minimum absolute atomic E-state index is 0.0729. The van der Waals surface area contributed by atoms with Crippen molar-refractivity contribution in [3.63, 3.8) is 0 Å². The monoisotopic (exact) mass is 548 g/mol. The molecule has 0 bridgehead atoms. The minimum atomic E-state index is -2.04. The summed E-state index contributed by atoms with van der Waals surface area (Å²) in [5.74, 6) is 1.25. The topological polar surface area (TPSA) is 142 Å². The van der Waals surface area contributed by atoms with Gasteiger partial charge in [-0.05, 0) is 82.3 Å². The SMILES string of the molecule is C=C[C@H]1CC[C@H](Cn2c(C(C)(F)c3ccccn3)nc3nc(C(=N)NC(=O)O)nc(N[C@H](C)C4CCC4)c32)CC1. The van der Waals surface area contributed by atoms with Gasteiger partial charge >= 0.3 is 6.09 Å². The molecule has 0 aromatic carbocycles. The van der Waals surface area contributed by atoms with Crippen LogP contribution in [0.15, 0.2) is 37.1 Å². The smallest absolute Gasteiger partial charge is 0.410 e. The maximum Gasteiger partial charge on any atom is 0.410 e. The molecule has 3 aromatic heterocycles. The van der Waals surface area contributed by atoms with Crippen molar-refractivity contribution in [2.24, 2.45) is 17.8 Å². The van der Waals surface area contributed by atoms with Crippen LogP contribution in [-0.4, -0.2) is 47.6 Å². The Morgan fingerprint density at radius 1 is 1.25 bits per heavy atom. The Balaban J connectivity index is 1.66. The Hall–Kier alpha value is -3.89. The lowest BCUT2D eigenvalue weighted by Gasteiger charge is -2.32. The third-order valence-corrected chi connectivity index (χ3v) is 8.51. The zero-order valence-corrected chi connectivity index (χ0v) is 23.0. The van der Waals surface area contributed by atoms with E-state index in [4.69, 9.17) is 10.4 Å². The highest BCUT2D eigenvalue weighted by Crippen LogP contribution is 2.39. The number of amidine groups is 1. The molecule has 0 radical (unpaired) electrons. The number of alkyl halides is 1. The maximum absolute atomic E-state index is 16.8. The van der Waals surface area contributed by atoms with E-state index in [-0.39, 0.29) is 29.0 Å². The number of nitrogens with zero attached hydrogens (tertiary/aromatic N) is 5. The first kappa shape index (κ1) is 27.7. The third kappa shape index (κ3) is 5.55. The van der Waals surface area contributed by atoms with Crippen molar-refractivity contribution in [2.75, 3.05) is 5.32 Å². The van der Waals surface area contributed by atoms with Gasteiger partial charge in [-0.15, -0.1) is 6.58 Å². The lowest BCUT2D eigenvalue weighted by Crippen LogP contribution is -2.33. The van der Waals surface area contributed by atoms with Gasteiger partial charge < -0.3 is 15.0 Å². The summed E-state index contributed by atoms with van der Waals surface area (Å²) in [5, 5.41) is 22.9. The van der Waals surface area contributed by atoms with Crippen LogP contribution < -0.4 is 10.6 Å². The van der Waals surface area contributed by atoms with Gasteiger partial charge in [0.1, 0.15) is 5.52 Å². The summed E-state index contributed by atoms with van der Waals surface area (Å²) in [6, 6.07) is 5.20. The van der Waals surface area contributed by atoms with Gasteiger partial charge in [0.05, 0.1) is 5.69 Å². The third-order valence-electron chi connectivity index (χ3n) is 8.51. The standard InChI is InChI=1S/C29H37FN8O2/c1-4-18-11-13-19(14-12-18)16-38-22-24(33-17(2)20-8-7-9-20)35-26(23(31)34-28(39)40)36-25(22)37-27(38)29(3,30)21-10-5-6-15-32-21/h4-6,10,15,17-20H,1,7-9,11-14,16H2,2-3H3,(H2,31,34)(H,39,40)(H,33,35,36)/t17-,18-,19-,29?/m1/s1. The van der Waals surface area contributed by atoms with Crippen LogP contribution in [0.25, 0.3) is 11.2 Å². The van der Waals surface area contributed by atoms with Crippen LogP contribution in [0.5, 0.6) is 0 Å². The van der Waals surface area contributed by atoms with Crippen LogP contribution in [0.3, 0.4) is 0 Å². The summed E-state index contributed by atoms with van der Waals surface area (Å²) in [7, 11) is 0. The number of fused-ring (bicyclic) bond motifs is 1. The molecule has 2 atom stereocenters. The molecule has 0 aliphatic heterocycles. The van der Waals surface area contributed by atoms with Crippen molar-refractivity contribution in [2.45, 2.75) is 77.0 Å². The fraction of sp³-hybridized carbons (Fsp3) is 0.517. The summed E-state index contributed by atoms with van der Waals surface area (Å²) in [5.41, 5.74) is -1.05. The van der Waals surface area contributed by atoms with Crippen molar-refractivity contribution in [1.82, 2.24) is 29.8 Å². The number of carbonyl (C=O) groups is 1. The molecule has 5 rings (SSSR count). The number of hydrogen-bond acceptors (Lipinski definition) is 7. The fourth-order valence-corrected chi connectivity index (χ4v) is 5.84. The van der Waals surface area contributed by atoms with E-state index in [0.717, 1.165) is 38.5 Å². The molecule has 10 nitrogen and oxygen atoms in total. The molecule has 0 spiro atoms. The molecule has 4 N–H and O–H groups in total. The first-order valence-corrected chi connectivity index (χ1v) is 14.0. The summed E-state index contributed by atoms with van der Waals surface area (Å²) >= 11 is 0.